The maximum Gasteiger partial charge on any atom is 0.335 e. The third-order valence-corrected chi connectivity index (χ3v) is 5.60. The SMILES string of the molecule is O=C(O)c1ccc2[nH]c3c(c2c1)CCNC3Cc1cccc2ccccc12. The van der Waals surface area contributed by atoms with E-state index in [1.807, 2.05) is 6.07 Å². The van der Waals surface area contributed by atoms with Crippen LogP contribution in [0, 0.1) is 0 Å². The number of aromatic carboxylic acids is 1. The van der Waals surface area contributed by atoms with E-state index in [0.29, 0.717) is 5.56 Å². The van der Waals surface area contributed by atoms with Crippen molar-refractivity contribution in [3.8, 4) is 0 Å². The highest BCUT2D eigenvalue weighted by atomic mass is 16.4. The Hall–Kier alpha value is -3.11. The minimum atomic E-state index is -0.881. The summed E-state index contributed by atoms with van der Waals surface area (Å²) in [5, 5.41) is 16.5. The highest BCUT2D eigenvalue weighted by molar-refractivity contribution is 5.95. The van der Waals surface area contributed by atoms with Gasteiger partial charge in [-0.1, -0.05) is 42.5 Å². The molecule has 3 N–H and O–H groups in total. The van der Waals surface area contributed by atoms with E-state index in [-0.39, 0.29) is 6.04 Å². The van der Waals surface area contributed by atoms with E-state index in [2.05, 4.69) is 52.8 Å². The van der Waals surface area contributed by atoms with E-state index in [1.54, 1.807) is 12.1 Å². The average Bonchev–Trinajstić information content (AvgIpc) is 3.07. The van der Waals surface area contributed by atoms with Crippen molar-refractivity contribution in [3.63, 3.8) is 0 Å². The second kappa shape index (κ2) is 6.25. The first kappa shape index (κ1) is 16.1. The molecule has 134 valence electrons. The van der Waals surface area contributed by atoms with Gasteiger partial charge in [0.2, 0.25) is 0 Å². The number of rotatable bonds is 3. The highest BCUT2D eigenvalue weighted by Crippen LogP contribution is 2.33. The summed E-state index contributed by atoms with van der Waals surface area (Å²) in [5.41, 5.74) is 5.11. The van der Waals surface area contributed by atoms with Gasteiger partial charge in [-0.25, -0.2) is 4.79 Å². The van der Waals surface area contributed by atoms with Crippen LogP contribution in [0.3, 0.4) is 0 Å². The highest BCUT2D eigenvalue weighted by Gasteiger charge is 2.25. The number of fused-ring (bicyclic) bond motifs is 4. The van der Waals surface area contributed by atoms with Crippen LogP contribution in [0.5, 0.6) is 0 Å². The largest absolute Gasteiger partial charge is 0.478 e. The molecule has 0 fully saturated rings. The van der Waals surface area contributed by atoms with Crippen molar-refractivity contribution in [2.75, 3.05) is 6.54 Å². The van der Waals surface area contributed by atoms with Crippen LogP contribution in [0.2, 0.25) is 0 Å². The molecule has 1 atom stereocenters. The van der Waals surface area contributed by atoms with E-state index in [4.69, 9.17) is 0 Å². The lowest BCUT2D eigenvalue weighted by atomic mass is 9.92. The van der Waals surface area contributed by atoms with E-state index in [9.17, 15) is 9.90 Å². The van der Waals surface area contributed by atoms with Crippen molar-refractivity contribution in [1.29, 1.82) is 0 Å². The molecule has 0 aliphatic carbocycles. The molecule has 5 rings (SSSR count). The molecule has 2 heterocycles. The van der Waals surface area contributed by atoms with Crippen molar-refractivity contribution in [2.45, 2.75) is 18.9 Å². The fraction of sp³-hybridized carbons (Fsp3) is 0.174. The number of carboxylic acid groups (broad SMARTS) is 1. The van der Waals surface area contributed by atoms with Crippen LogP contribution in [0.15, 0.2) is 60.7 Å². The zero-order valence-corrected chi connectivity index (χ0v) is 14.8. The molecule has 0 amide bonds. The lowest BCUT2D eigenvalue weighted by molar-refractivity contribution is 0.0697. The van der Waals surface area contributed by atoms with Gasteiger partial charge in [-0.2, -0.15) is 0 Å². The van der Waals surface area contributed by atoms with Crippen LogP contribution in [-0.4, -0.2) is 22.6 Å². The third kappa shape index (κ3) is 2.69. The normalized spacial score (nSPS) is 16.5. The van der Waals surface area contributed by atoms with Gasteiger partial charge in [-0.3, -0.25) is 0 Å². The number of hydrogen-bond acceptors (Lipinski definition) is 2. The zero-order chi connectivity index (χ0) is 18.4. The van der Waals surface area contributed by atoms with Gasteiger partial charge >= 0.3 is 5.97 Å². The van der Waals surface area contributed by atoms with Gasteiger partial charge in [0, 0.05) is 16.6 Å². The minimum absolute atomic E-state index is 0.195. The number of nitrogens with one attached hydrogen (secondary N) is 2. The number of benzene rings is 3. The maximum atomic E-state index is 11.3. The van der Waals surface area contributed by atoms with Crippen LogP contribution in [-0.2, 0) is 12.8 Å². The molecular weight excluding hydrogens is 336 g/mol. The molecule has 4 nitrogen and oxygen atoms in total. The molecule has 27 heavy (non-hydrogen) atoms. The Morgan fingerprint density at radius 2 is 1.89 bits per heavy atom. The molecule has 0 spiro atoms. The number of carbonyl (C=O) groups is 1. The van der Waals surface area contributed by atoms with Crippen LogP contribution in [0.25, 0.3) is 21.7 Å². The summed E-state index contributed by atoms with van der Waals surface area (Å²) < 4.78 is 0. The molecular formula is C23H20N2O2. The summed E-state index contributed by atoms with van der Waals surface area (Å²) >= 11 is 0. The summed E-state index contributed by atoms with van der Waals surface area (Å²) in [7, 11) is 0. The van der Waals surface area contributed by atoms with Gasteiger partial charge in [-0.15, -0.1) is 0 Å². The van der Waals surface area contributed by atoms with Gasteiger partial charge in [0.15, 0.2) is 0 Å². The Labute approximate surface area is 156 Å². The van der Waals surface area contributed by atoms with E-state index >= 15 is 0 Å². The lowest BCUT2D eigenvalue weighted by Gasteiger charge is -2.25. The minimum Gasteiger partial charge on any atom is -0.478 e. The Bertz CT molecular complexity index is 1170. The Balaban J connectivity index is 1.58. The first-order valence-electron chi connectivity index (χ1n) is 9.28. The molecule has 1 aliphatic heterocycles. The van der Waals surface area contributed by atoms with E-state index < -0.39 is 5.97 Å². The van der Waals surface area contributed by atoms with Gasteiger partial charge in [0.05, 0.1) is 11.6 Å². The van der Waals surface area contributed by atoms with Crippen molar-refractivity contribution in [1.82, 2.24) is 10.3 Å². The summed E-state index contributed by atoms with van der Waals surface area (Å²) in [6.07, 6.45) is 1.80. The third-order valence-electron chi connectivity index (χ3n) is 5.60. The number of H-pyrrole nitrogens is 1. The van der Waals surface area contributed by atoms with Crippen molar-refractivity contribution >= 4 is 27.6 Å². The Morgan fingerprint density at radius 1 is 1.04 bits per heavy atom. The molecule has 4 heteroatoms. The van der Waals surface area contributed by atoms with Crippen LogP contribution in [0.1, 0.15) is 33.2 Å². The fourth-order valence-electron chi connectivity index (χ4n) is 4.31. The molecule has 0 radical (unpaired) electrons. The summed E-state index contributed by atoms with van der Waals surface area (Å²) in [5.74, 6) is -0.881. The quantitative estimate of drug-likeness (QED) is 0.508. The number of aromatic nitrogens is 1. The van der Waals surface area contributed by atoms with Crippen LogP contribution >= 0.6 is 0 Å². The topological polar surface area (TPSA) is 65.1 Å². The van der Waals surface area contributed by atoms with Crippen LogP contribution < -0.4 is 5.32 Å². The lowest BCUT2D eigenvalue weighted by Crippen LogP contribution is -2.31. The average molecular weight is 356 g/mol. The molecule has 0 bridgehead atoms. The molecule has 1 unspecified atom stereocenters. The second-order valence-corrected chi connectivity index (χ2v) is 7.18. The first-order chi connectivity index (χ1) is 13.2. The number of hydrogen-bond donors (Lipinski definition) is 3. The van der Waals surface area contributed by atoms with Crippen molar-refractivity contribution in [2.24, 2.45) is 0 Å². The monoisotopic (exact) mass is 356 g/mol. The zero-order valence-electron chi connectivity index (χ0n) is 14.8. The standard InChI is InChI=1S/C23H20N2O2/c26-23(27)16-8-9-20-19(12-16)18-10-11-24-21(22(18)25-20)13-15-6-3-5-14-4-1-2-7-17(14)15/h1-9,12,21,24-25H,10-11,13H2,(H,26,27). The molecule has 1 aromatic heterocycles. The second-order valence-electron chi connectivity index (χ2n) is 7.18. The molecule has 3 aromatic carbocycles. The van der Waals surface area contributed by atoms with Gasteiger partial charge in [0.1, 0.15) is 0 Å². The first-order valence-corrected chi connectivity index (χ1v) is 9.28. The van der Waals surface area contributed by atoms with E-state index in [0.717, 1.165) is 30.3 Å². The molecule has 4 aromatic rings. The number of carboxylic acids is 1. The van der Waals surface area contributed by atoms with Gasteiger partial charge in [-0.05, 0) is 59.5 Å². The number of aromatic amines is 1. The Kier molecular flexibility index (Phi) is 3.73. The molecule has 0 saturated heterocycles. The summed E-state index contributed by atoms with van der Waals surface area (Å²) in [4.78, 5) is 14.9. The molecule has 0 saturated carbocycles. The summed E-state index contributed by atoms with van der Waals surface area (Å²) in [6.45, 7) is 0.896. The summed E-state index contributed by atoms with van der Waals surface area (Å²) in [6, 6.07) is 20.5. The predicted molar refractivity (Wildman–Crippen MR) is 107 cm³/mol. The van der Waals surface area contributed by atoms with Gasteiger partial charge in [0.25, 0.3) is 0 Å². The molecule has 1 aliphatic rings. The Morgan fingerprint density at radius 3 is 2.78 bits per heavy atom. The van der Waals surface area contributed by atoms with E-state index in [1.165, 1.54) is 27.6 Å². The smallest absolute Gasteiger partial charge is 0.335 e. The fourth-order valence-corrected chi connectivity index (χ4v) is 4.31. The maximum absolute atomic E-state index is 11.3. The van der Waals surface area contributed by atoms with Crippen LogP contribution in [0.4, 0.5) is 0 Å². The van der Waals surface area contributed by atoms with Crippen molar-refractivity contribution < 1.29 is 9.90 Å². The van der Waals surface area contributed by atoms with Gasteiger partial charge < -0.3 is 15.4 Å². The van der Waals surface area contributed by atoms with Crippen molar-refractivity contribution in [3.05, 3.63) is 83.0 Å². The predicted octanol–water partition coefficient (Wildman–Crippen LogP) is 4.45.